The monoisotopic (exact) mass is 444 g/mol. The molecule has 0 aliphatic carbocycles. The van der Waals surface area contributed by atoms with Crippen molar-refractivity contribution >= 4 is 39.8 Å². The Morgan fingerprint density at radius 2 is 1.62 bits per heavy atom. The van der Waals surface area contributed by atoms with Gasteiger partial charge in [-0.3, -0.25) is 14.5 Å². The molecule has 3 aromatic carbocycles. The molecular weight excluding hydrogens is 420 g/mol. The molecule has 0 aliphatic rings. The minimum Gasteiger partial charge on any atom is -0.349 e. The number of rotatable bonds is 5. The third-order valence-corrected chi connectivity index (χ3v) is 5.45. The highest BCUT2D eigenvalue weighted by atomic mass is 32.1. The summed E-state index contributed by atoms with van der Waals surface area (Å²) in [6.07, 6.45) is 0. The summed E-state index contributed by atoms with van der Waals surface area (Å²) in [4.78, 5) is 29.0. The van der Waals surface area contributed by atoms with Crippen molar-refractivity contribution in [3.63, 3.8) is 0 Å². The summed E-state index contributed by atoms with van der Waals surface area (Å²) in [5.41, 5.74) is 1.07. The third kappa shape index (κ3) is 4.53. The Balaban J connectivity index is 1.95. The Bertz CT molecular complexity index is 1230. The van der Waals surface area contributed by atoms with Gasteiger partial charge in [0.25, 0.3) is 5.91 Å². The molecule has 0 aliphatic heterocycles. The Labute approximate surface area is 191 Å². The molecule has 1 N–H and O–H groups in total. The van der Waals surface area contributed by atoms with E-state index in [1.165, 1.54) is 4.90 Å². The van der Waals surface area contributed by atoms with E-state index in [0.29, 0.717) is 11.3 Å². The van der Waals surface area contributed by atoms with Crippen LogP contribution >= 0.6 is 11.5 Å². The van der Waals surface area contributed by atoms with Crippen molar-refractivity contribution in [2.24, 2.45) is 0 Å². The van der Waals surface area contributed by atoms with Crippen molar-refractivity contribution < 1.29 is 9.59 Å². The van der Waals surface area contributed by atoms with E-state index >= 15 is 0 Å². The summed E-state index contributed by atoms with van der Waals surface area (Å²) in [5, 5.41) is 10.5. The van der Waals surface area contributed by atoms with Crippen molar-refractivity contribution in [3.8, 4) is 0 Å². The number of carbonyl (C=O) groups excluding carboxylic acids is 2. The number of hydrogen-bond acceptors (Lipinski definition) is 5. The van der Waals surface area contributed by atoms with Crippen LogP contribution < -0.4 is 10.2 Å². The molecule has 2 amide bonds. The number of carbonyl (C=O) groups is 2. The van der Waals surface area contributed by atoms with Gasteiger partial charge in [-0.05, 0) is 49.3 Å². The van der Waals surface area contributed by atoms with Gasteiger partial charge in [-0.25, -0.2) is 0 Å². The number of benzene rings is 3. The molecule has 0 bridgehead atoms. The summed E-state index contributed by atoms with van der Waals surface area (Å²) in [7, 11) is 0. The van der Waals surface area contributed by atoms with Gasteiger partial charge in [0.15, 0.2) is 5.69 Å². The van der Waals surface area contributed by atoms with Crippen LogP contribution in [-0.2, 0) is 4.79 Å². The molecule has 6 nitrogen and oxygen atoms in total. The van der Waals surface area contributed by atoms with Crippen LogP contribution in [0, 0.1) is 0 Å². The van der Waals surface area contributed by atoms with Gasteiger partial charge in [-0.15, -0.1) is 5.10 Å². The number of nitrogens with one attached hydrogen (secondary N) is 1. The van der Waals surface area contributed by atoms with Crippen molar-refractivity contribution in [3.05, 3.63) is 89.4 Å². The maximum Gasteiger partial charge on any atom is 0.280 e. The lowest BCUT2D eigenvalue weighted by molar-refractivity contribution is -0.123. The van der Waals surface area contributed by atoms with Crippen LogP contribution in [0.25, 0.3) is 10.8 Å². The van der Waals surface area contributed by atoms with Gasteiger partial charge in [0.05, 0.1) is 5.69 Å². The second-order valence-electron chi connectivity index (χ2n) is 8.52. The highest BCUT2D eigenvalue weighted by Crippen LogP contribution is 2.35. The molecule has 0 fully saturated rings. The van der Waals surface area contributed by atoms with Gasteiger partial charge in [-0.1, -0.05) is 71.2 Å². The molecular formula is C25H24N4O2S. The van der Waals surface area contributed by atoms with E-state index in [1.807, 2.05) is 93.6 Å². The SMILES string of the molecule is CC(C)(C)NC(=O)C(c1ccccc1)N(C(=O)c1csnn1)c1cccc2ccccc12. The molecule has 7 heteroatoms. The van der Waals surface area contributed by atoms with E-state index in [1.54, 1.807) is 5.38 Å². The maximum absolute atomic E-state index is 13.8. The van der Waals surface area contributed by atoms with Crippen LogP contribution in [0.5, 0.6) is 0 Å². The Kier molecular flexibility index (Phi) is 6.01. The van der Waals surface area contributed by atoms with E-state index in [0.717, 1.165) is 22.3 Å². The molecule has 0 spiro atoms. The molecule has 0 saturated carbocycles. The van der Waals surface area contributed by atoms with E-state index in [9.17, 15) is 9.59 Å². The Morgan fingerprint density at radius 3 is 2.31 bits per heavy atom. The Morgan fingerprint density at radius 1 is 0.938 bits per heavy atom. The van der Waals surface area contributed by atoms with E-state index in [-0.39, 0.29) is 17.5 Å². The number of fused-ring (bicyclic) bond motifs is 1. The quantitative estimate of drug-likeness (QED) is 0.470. The number of aromatic nitrogens is 2. The minimum atomic E-state index is -0.893. The highest BCUT2D eigenvalue weighted by Gasteiger charge is 2.36. The second-order valence-corrected chi connectivity index (χ2v) is 9.13. The number of anilines is 1. The van der Waals surface area contributed by atoms with Gasteiger partial charge in [0.1, 0.15) is 6.04 Å². The average Bonchev–Trinajstić information content (AvgIpc) is 3.31. The van der Waals surface area contributed by atoms with Crippen molar-refractivity contribution in [1.82, 2.24) is 14.9 Å². The fourth-order valence-corrected chi connectivity index (χ4v) is 4.09. The van der Waals surface area contributed by atoms with Crippen molar-refractivity contribution in [2.45, 2.75) is 32.4 Å². The van der Waals surface area contributed by atoms with Gasteiger partial charge >= 0.3 is 0 Å². The number of amides is 2. The first kappa shape index (κ1) is 21.6. The van der Waals surface area contributed by atoms with Gasteiger partial charge < -0.3 is 5.32 Å². The molecule has 1 atom stereocenters. The largest absolute Gasteiger partial charge is 0.349 e. The van der Waals surface area contributed by atoms with E-state index in [4.69, 9.17) is 0 Å². The maximum atomic E-state index is 13.8. The van der Waals surface area contributed by atoms with Gasteiger partial charge in [0, 0.05) is 16.3 Å². The number of nitrogens with zero attached hydrogens (tertiary/aromatic N) is 3. The highest BCUT2D eigenvalue weighted by molar-refractivity contribution is 7.03. The Hall–Kier alpha value is -3.58. The first-order valence-corrected chi connectivity index (χ1v) is 11.1. The third-order valence-electron chi connectivity index (χ3n) is 4.94. The summed E-state index contributed by atoms with van der Waals surface area (Å²) >= 11 is 1.10. The fraction of sp³-hybridized carbons (Fsp3) is 0.200. The summed E-state index contributed by atoms with van der Waals surface area (Å²) < 4.78 is 3.86. The van der Waals surface area contributed by atoms with Crippen molar-refractivity contribution in [2.75, 3.05) is 4.90 Å². The summed E-state index contributed by atoms with van der Waals surface area (Å²) in [5.74, 6) is -0.652. The van der Waals surface area contributed by atoms with E-state index < -0.39 is 11.6 Å². The van der Waals surface area contributed by atoms with Crippen LogP contribution in [0.15, 0.2) is 78.2 Å². The molecule has 32 heavy (non-hydrogen) atoms. The van der Waals surface area contributed by atoms with Crippen LogP contribution in [-0.4, -0.2) is 26.9 Å². The molecule has 0 saturated heterocycles. The van der Waals surface area contributed by atoms with Crippen LogP contribution in [0.1, 0.15) is 42.9 Å². The average molecular weight is 445 g/mol. The lowest BCUT2D eigenvalue weighted by Crippen LogP contribution is -2.49. The topological polar surface area (TPSA) is 75.2 Å². The smallest absolute Gasteiger partial charge is 0.280 e. The van der Waals surface area contributed by atoms with Crippen LogP contribution in [0.4, 0.5) is 5.69 Å². The molecule has 1 aromatic heterocycles. The number of hydrogen-bond donors (Lipinski definition) is 1. The first-order chi connectivity index (χ1) is 15.3. The van der Waals surface area contributed by atoms with Crippen LogP contribution in [0.2, 0.25) is 0 Å². The van der Waals surface area contributed by atoms with Crippen LogP contribution in [0.3, 0.4) is 0 Å². The lowest BCUT2D eigenvalue weighted by atomic mass is 9.99. The summed E-state index contributed by atoms with van der Waals surface area (Å²) in [6.45, 7) is 5.75. The normalized spacial score (nSPS) is 12.3. The molecule has 1 heterocycles. The molecule has 162 valence electrons. The van der Waals surface area contributed by atoms with Crippen molar-refractivity contribution in [1.29, 1.82) is 0 Å². The molecule has 1 unspecified atom stereocenters. The molecule has 4 aromatic rings. The fourth-order valence-electron chi connectivity index (χ4n) is 3.66. The zero-order chi connectivity index (χ0) is 22.7. The second kappa shape index (κ2) is 8.88. The van der Waals surface area contributed by atoms with E-state index in [2.05, 4.69) is 14.9 Å². The first-order valence-electron chi connectivity index (χ1n) is 10.3. The minimum absolute atomic E-state index is 0.201. The summed E-state index contributed by atoms with van der Waals surface area (Å²) in [6, 6.07) is 22.0. The van der Waals surface area contributed by atoms with Gasteiger partial charge in [-0.2, -0.15) is 0 Å². The zero-order valence-corrected chi connectivity index (χ0v) is 19.0. The zero-order valence-electron chi connectivity index (χ0n) is 18.1. The predicted octanol–water partition coefficient (Wildman–Crippen LogP) is 4.99. The molecule has 0 radical (unpaired) electrons. The van der Waals surface area contributed by atoms with Gasteiger partial charge in [0.2, 0.25) is 5.91 Å². The standard InChI is InChI=1S/C25H24N4O2S/c1-25(2,3)26-23(30)22(18-11-5-4-6-12-18)29(24(31)20-16-32-28-27-20)21-15-9-13-17-10-7-8-14-19(17)21/h4-16,22H,1-3H3,(H,26,30). The molecule has 4 rings (SSSR count). The lowest BCUT2D eigenvalue weighted by Gasteiger charge is -2.34. The predicted molar refractivity (Wildman–Crippen MR) is 128 cm³/mol.